The number of carbonyl (C=O) groups excluding carboxylic acids is 1. The lowest BCUT2D eigenvalue weighted by Crippen LogP contribution is -2.20. The Hall–Kier alpha value is -1.30. The van der Waals surface area contributed by atoms with Gasteiger partial charge in [0.05, 0.1) is 6.07 Å². The fourth-order valence-corrected chi connectivity index (χ4v) is 0.399. The summed E-state index contributed by atoms with van der Waals surface area (Å²) in [6.07, 6.45) is 1.84. The minimum Gasteiger partial charge on any atom is -0.369 e. The highest BCUT2D eigenvalue weighted by Crippen LogP contribution is 1.98. The van der Waals surface area contributed by atoms with Gasteiger partial charge in [0.1, 0.15) is 5.92 Å². The highest BCUT2D eigenvalue weighted by molar-refractivity contribution is 5.79. The molecule has 2 N–H and O–H groups in total. The predicted molar refractivity (Wildman–Crippen MR) is 33.1 cm³/mol. The Kier molecular flexibility index (Phi) is 3.14. The van der Waals surface area contributed by atoms with Crippen LogP contribution in [0.5, 0.6) is 0 Å². The Bertz CT molecular complexity index is 157. The largest absolute Gasteiger partial charge is 0.369 e. The number of nitriles is 1. The van der Waals surface area contributed by atoms with Crippen molar-refractivity contribution in [3.8, 4) is 6.07 Å². The minimum atomic E-state index is -0.706. The van der Waals surface area contributed by atoms with Crippen molar-refractivity contribution in [3.63, 3.8) is 0 Å². The van der Waals surface area contributed by atoms with E-state index >= 15 is 0 Å². The summed E-state index contributed by atoms with van der Waals surface area (Å²) in [4.78, 5) is 10.3. The van der Waals surface area contributed by atoms with Crippen LogP contribution < -0.4 is 5.73 Å². The van der Waals surface area contributed by atoms with Crippen molar-refractivity contribution in [2.45, 2.75) is 6.42 Å². The molecule has 0 saturated heterocycles. The molecule has 0 aromatic carbocycles. The maximum Gasteiger partial charge on any atom is 0.235 e. The maximum absolute atomic E-state index is 10.3. The lowest BCUT2D eigenvalue weighted by Gasteiger charge is -1.96. The summed E-state index contributed by atoms with van der Waals surface area (Å²) in [7, 11) is 0. The molecule has 48 valence electrons. The zero-order valence-electron chi connectivity index (χ0n) is 5.00. The van der Waals surface area contributed by atoms with E-state index in [1.807, 2.05) is 0 Å². The van der Waals surface area contributed by atoms with Gasteiger partial charge >= 0.3 is 0 Å². The second-order valence-electron chi connectivity index (χ2n) is 1.61. The molecule has 3 nitrogen and oxygen atoms in total. The zero-order valence-corrected chi connectivity index (χ0v) is 5.00. The Balaban J connectivity index is 3.86. The van der Waals surface area contributed by atoms with E-state index in [1.165, 1.54) is 6.08 Å². The molecule has 1 amide bonds. The molecule has 9 heavy (non-hydrogen) atoms. The van der Waals surface area contributed by atoms with Gasteiger partial charge in [0, 0.05) is 0 Å². The van der Waals surface area contributed by atoms with Crippen molar-refractivity contribution in [2.24, 2.45) is 11.7 Å². The number of nitrogens with zero attached hydrogens (tertiary/aromatic N) is 1. The van der Waals surface area contributed by atoms with Crippen molar-refractivity contribution in [3.05, 3.63) is 12.7 Å². The van der Waals surface area contributed by atoms with Crippen molar-refractivity contribution >= 4 is 5.91 Å². The van der Waals surface area contributed by atoms with Gasteiger partial charge in [-0.3, -0.25) is 4.79 Å². The van der Waals surface area contributed by atoms with Crippen LogP contribution in [-0.4, -0.2) is 5.91 Å². The molecule has 0 aromatic heterocycles. The molecule has 0 aliphatic carbocycles. The van der Waals surface area contributed by atoms with Crippen LogP contribution in [0.1, 0.15) is 6.42 Å². The van der Waals surface area contributed by atoms with Crippen LogP contribution in [0.2, 0.25) is 0 Å². The van der Waals surface area contributed by atoms with E-state index < -0.39 is 11.8 Å². The molecular formula is C6H8N2O. The molecule has 0 fully saturated rings. The average Bonchev–Trinajstić information content (AvgIpc) is 1.82. The first-order valence-corrected chi connectivity index (χ1v) is 2.52. The number of primary amides is 1. The van der Waals surface area contributed by atoms with Gasteiger partial charge in [0.2, 0.25) is 5.91 Å². The third kappa shape index (κ3) is 2.50. The van der Waals surface area contributed by atoms with Gasteiger partial charge in [-0.2, -0.15) is 5.26 Å². The van der Waals surface area contributed by atoms with Crippen LogP contribution in [0.3, 0.4) is 0 Å². The summed E-state index contributed by atoms with van der Waals surface area (Å²) in [5, 5.41) is 8.23. The smallest absolute Gasteiger partial charge is 0.235 e. The van der Waals surface area contributed by atoms with Gasteiger partial charge in [-0.25, -0.2) is 0 Å². The van der Waals surface area contributed by atoms with Crippen LogP contribution in [0.15, 0.2) is 12.7 Å². The molecular weight excluding hydrogens is 116 g/mol. The van der Waals surface area contributed by atoms with Crippen LogP contribution >= 0.6 is 0 Å². The van der Waals surface area contributed by atoms with E-state index in [9.17, 15) is 4.79 Å². The van der Waals surface area contributed by atoms with Gasteiger partial charge < -0.3 is 5.73 Å². The minimum absolute atomic E-state index is 0.339. The zero-order chi connectivity index (χ0) is 7.28. The van der Waals surface area contributed by atoms with E-state index in [1.54, 1.807) is 6.07 Å². The molecule has 0 radical (unpaired) electrons. The van der Waals surface area contributed by atoms with E-state index in [4.69, 9.17) is 11.0 Å². The Morgan fingerprint density at radius 1 is 2.00 bits per heavy atom. The molecule has 1 unspecified atom stereocenters. The van der Waals surface area contributed by atoms with Gasteiger partial charge in [0.25, 0.3) is 0 Å². The molecule has 1 atom stereocenters. The average molecular weight is 124 g/mol. The maximum atomic E-state index is 10.3. The topological polar surface area (TPSA) is 66.9 Å². The van der Waals surface area contributed by atoms with E-state index in [0.717, 1.165) is 0 Å². The van der Waals surface area contributed by atoms with Gasteiger partial charge in [0.15, 0.2) is 0 Å². The normalized spacial score (nSPS) is 11.4. The number of hydrogen-bond donors (Lipinski definition) is 1. The summed E-state index contributed by atoms with van der Waals surface area (Å²) in [6.45, 7) is 3.37. The molecule has 0 spiro atoms. The number of nitrogens with two attached hydrogens (primary N) is 1. The summed E-state index contributed by atoms with van der Waals surface area (Å²) >= 11 is 0. The van der Waals surface area contributed by atoms with Crippen LogP contribution in [-0.2, 0) is 4.79 Å². The second kappa shape index (κ2) is 3.67. The van der Waals surface area contributed by atoms with Gasteiger partial charge in [-0.15, -0.1) is 6.58 Å². The van der Waals surface area contributed by atoms with Crippen LogP contribution in [0.25, 0.3) is 0 Å². The van der Waals surface area contributed by atoms with Crippen LogP contribution in [0, 0.1) is 17.2 Å². The molecule has 3 heteroatoms. The van der Waals surface area contributed by atoms with E-state index in [0.29, 0.717) is 6.42 Å². The summed E-state index contributed by atoms with van der Waals surface area (Å²) < 4.78 is 0. The van der Waals surface area contributed by atoms with E-state index in [-0.39, 0.29) is 0 Å². The molecule has 0 saturated carbocycles. The highest BCUT2D eigenvalue weighted by atomic mass is 16.1. The number of hydrogen-bond acceptors (Lipinski definition) is 2. The first-order valence-electron chi connectivity index (χ1n) is 2.52. The molecule has 0 rings (SSSR count). The van der Waals surface area contributed by atoms with Crippen molar-refractivity contribution in [1.82, 2.24) is 0 Å². The quantitative estimate of drug-likeness (QED) is 0.545. The molecule has 0 aromatic rings. The van der Waals surface area contributed by atoms with Gasteiger partial charge in [-0.1, -0.05) is 6.08 Å². The highest BCUT2D eigenvalue weighted by Gasteiger charge is 2.10. The summed E-state index contributed by atoms with van der Waals surface area (Å²) in [5.41, 5.74) is 4.82. The number of allylic oxidation sites excluding steroid dienone is 1. The number of amides is 1. The standard InChI is InChI=1S/C6H8N2O/c1-2-3-5(4-7)6(8)9/h2,5H,1,3H2,(H2,8,9). The van der Waals surface area contributed by atoms with Gasteiger partial charge in [-0.05, 0) is 6.42 Å². The SMILES string of the molecule is C=CCC(C#N)C(N)=O. The Morgan fingerprint density at radius 2 is 2.56 bits per heavy atom. The monoisotopic (exact) mass is 124 g/mol. The second-order valence-corrected chi connectivity index (χ2v) is 1.61. The molecule has 0 aliphatic rings. The fraction of sp³-hybridized carbons (Fsp3) is 0.333. The lowest BCUT2D eigenvalue weighted by molar-refractivity contribution is -0.120. The Morgan fingerprint density at radius 3 is 2.67 bits per heavy atom. The summed E-state index contributed by atoms with van der Waals surface area (Å²) in [5.74, 6) is -1.29. The van der Waals surface area contributed by atoms with Crippen LogP contribution in [0.4, 0.5) is 0 Å². The predicted octanol–water partition coefficient (Wildman–Crippen LogP) is 0.188. The van der Waals surface area contributed by atoms with E-state index in [2.05, 4.69) is 6.58 Å². The lowest BCUT2D eigenvalue weighted by atomic mass is 10.1. The first-order chi connectivity index (χ1) is 4.22. The molecule has 0 aliphatic heterocycles. The fourth-order valence-electron chi connectivity index (χ4n) is 0.399. The summed E-state index contributed by atoms with van der Waals surface area (Å²) in [6, 6.07) is 1.76. The molecule has 0 heterocycles. The number of carbonyl (C=O) groups is 1. The molecule has 0 bridgehead atoms. The van der Waals surface area contributed by atoms with Crippen molar-refractivity contribution in [2.75, 3.05) is 0 Å². The van der Waals surface area contributed by atoms with Crippen molar-refractivity contribution < 1.29 is 4.79 Å². The first kappa shape index (κ1) is 7.70. The van der Waals surface area contributed by atoms with Crippen molar-refractivity contribution in [1.29, 1.82) is 5.26 Å². The number of rotatable bonds is 3. The Labute approximate surface area is 53.8 Å². The third-order valence-corrected chi connectivity index (χ3v) is 0.902. The third-order valence-electron chi connectivity index (χ3n) is 0.902.